The van der Waals surface area contributed by atoms with Crippen LogP contribution in [0.5, 0.6) is 0 Å². The van der Waals surface area contributed by atoms with E-state index in [2.05, 4.69) is 5.23 Å². The first-order valence-corrected chi connectivity index (χ1v) is 4.48. The summed E-state index contributed by atoms with van der Waals surface area (Å²) in [7, 11) is -1.82. The quantitative estimate of drug-likeness (QED) is 0.533. The minimum absolute atomic E-state index is 0. The molecule has 0 aliphatic heterocycles. The highest BCUT2D eigenvalue weighted by Gasteiger charge is 2.22. The van der Waals surface area contributed by atoms with Crippen LogP contribution in [0.3, 0.4) is 0 Å². The molecule has 0 heterocycles. The van der Waals surface area contributed by atoms with Gasteiger partial charge in [-0.25, -0.2) is 0 Å². The van der Waals surface area contributed by atoms with Crippen LogP contribution < -0.4 is 5.23 Å². The summed E-state index contributed by atoms with van der Waals surface area (Å²) in [6.07, 6.45) is 0.202. The van der Waals surface area contributed by atoms with Gasteiger partial charge in [-0.05, 0) is 12.0 Å². The Hall–Kier alpha value is -1.08. The summed E-state index contributed by atoms with van der Waals surface area (Å²) in [6.45, 7) is 0. The van der Waals surface area contributed by atoms with Crippen LogP contribution in [0.1, 0.15) is 5.56 Å². The fourth-order valence-electron chi connectivity index (χ4n) is 1.25. The molecule has 0 unspecified atom stereocenters. The molecule has 5 nitrogen and oxygen atoms in total. The summed E-state index contributed by atoms with van der Waals surface area (Å²) in [5.41, 5.74) is 0.818. The second kappa shape index (κ2) is 7.24. The molecule has 0 aliphatic rings. The Labute approximate surface area is 99.7 Å². The van der Waals surface area contributed by atoms with E-state index in [9.17, 15) is 4.79 Å². The molecule has 0 amide bonds. The average Bonchev–Trinajstić information content (AvgIpc) is 2.17. The van der Waals surface area contributed by atoms with Gasteiger partial charge in [0.25, 0.3) is 0 Å². The molecule has 0 bridgehead atoms. The van der Waals surface area contributed by atoms with E-state index in [0.29, 0.717) is 0 Å². The minimum atomic E-state index is -1.82. The molecule has 0 aliphatic carbocycles. The summed E-state index contributed by atoms with van der Waals surface area (Å²) < 4.78 is 0. The summed E-state index contributed by atoms with van der Waals surface area (Å²) in [6, 6.07) is 7.97. The van der Waals surface area contributed by atoms with Crippen LogP contribution >= 0.6 is 12.4 Å². The van der Waals surface area contributed by atoms with Gasteiger partial charge in [-0.15, -0.1) is 12.4 Å². The van der Waals surface area contributed by atoms with Crippen molar-refractivity contribution in [3.8, 4) is 0 Å². The highest BCUT2D eigenvalue weighted by molar-refractivity contribution is 6.38. The van der Waals surface area contributed by atoms with E-state index in [1.54, 1.807) is 24.3 Å². The van der Waals surface area contributed by atoms with Crippen molar-refractivity contribution in [3.05, 3.63) is 35.9 Å². The van der Waals surface area contributed by atoms with Gasteiger partial charge in [0.1, 0.15) is 6.04 Å². The molecular formula is C9H13BClNO4. The lowest BCUT2D eigenvalue weighted by Crippen LogP contribution is -2.47. The van der Waals surface area contributed by atoms with Gasteiger partial charge in [0.05, 0.1) is 0 Å². The van der Waals surface area contributed by atoms with Crippen LogP contribution in [0.15, 0.2) is 30.3 Å². The Balaban J connectivity index is 0.00000225. The molecule has 88 valence electrons. The lowest BCUT2D eigenvalue weighted by Gasteiger charge is -2.13. The highest BCUT2D eigenvalue weighted by Crippen LogP contribution is 2.03. The van der Waals surface area contributed by atoms with Gasteiger partial charge in [-0.3, -0.25) is 10.0 Å². The van der Waals surface area contributed by atoms with Crippen LogP contribution in [0.25, 0.3) is 0 Å². The van der Waals surface area contributed by atoms with Gasteiger partial charge >= 0.3 is 13.2 Å². The average molecular weight is 245 g/mol. The van der Waals surface area contributed by atoms with Crippen molar-refractivity contribution in [1.82, 2.24) is 5.23 Å². The summed E-state index contributed by atoms with van der Waals surface area (Å²) >= 11 is 0. The standard InChI is InChI=1S/C9H12BNO4.ClH/c12-9(13)8(11-10(14)15)6-7-4-2-1-3-5-7;/h1-5,8,11,14-15H,6H2,(H,12,13);1H/t8-;/m0./s1. The number of hydrogen-bond donors (Lipinski definition) is 4. The van der Waals surface area contributed by atoms with E-state index in [1.807, 2.05) is 6.07 Å². The number of benzene rings is 1. The van der Waals surface area contributed by atoms with Gasteiger partial charge in [-0.2, -0.15) is 0 Å². The first kappa shape index (κ1) is 14.9. The third kappa shape index (κ3) is 5.13. The number of carbonyl (C=O) groups is 1. The number of halogens is 1. The van der Waals surface area contributed by atoms with E-state index in [1.165, 1.54) is 0 Å². The molecule has 0 fully saturated rings. The number of rotatable bonds is 5. The minimum Gasteiger partial charge on any atom is -0.480 e. The highest BCUT2D eigenvalue weighted by atomic mass is 35.5. The molecule has 0 spiro atoms. The van der Waals surface area contributed by atoms with Crippen LogP contribution in [0, 0.1) is 0 Å². The number of carboxylic acid groups (broad SMARTS) is 1. The molecule has 1 aromatic carbocycles. The topological polar surface area (TPSA) is 89.8 Å². The second-order valence-corrected chi connectivity index (χ2v) is 3.12. The van der Waals surface area contributed by atoms with Crippen molar-refractivity contribution in [2.45, 2.75) is 12.5 Å². The van der Waals surface area contributed by atoms with Crippen LogP contribution in [0.4, 0.5) is 0 Å². The fraction of sp³-hybridized carbons (Fsp3) is 0.222. The second-order valence-electron chi connectivity index (χ2n) is 3.12. The lowest BCUT2D eigenvalue weighted by atomic mass is 10.0. The monoisotopic (exact) mass is 245 g/mol. The fourth-order valence-corrected chi connectivity index (χ4v) is 1.25. The van der Waals surface area contributed by atoms with Crippen molar-refractivity contribution in [3.63, 3.8) is 0 Å². The summed E-state index contributed by atoms with van der Waals surface area (Å²) in [5, 5.41) is 28.2. The number of nitrogens with one attached hydrogen (secondary N) is 1. The van der Waals surface area contributed by atoms with E-state index in [4.69, 9.17) is 15.2 Å². The molecule has 0 saturated heterocycles. The lowest BCUT2D eigenvalue weighted by molar-refractivity contribution is -0.139. The number of hydrogen-bond acceptors (Lipinski definition) is 4. The van der Waals surface area contributed by atoms with E-state index >= 15 is 0 Å². The third-order valence-electron chi connectivity index (χ3n) is 1.93. The number of aliphatic carboxylic acids is 1. The zero-order valence-electron chi connectivity index (χ0n) is 8.41. The molecule has 1 aromatic rings. The zero-order valence-corrected chi connectivity index (χ0v) is 9.22. The van der Waals surface area contributed by atoms with E-state index < -0.39 is 19.3 Å². The Morgan fingerprint density at radius 2 is 1.88 bits per heavy atom. The van der Waals surface area contributed by atoms with Crippen molar-refractivity contribution >= 4 is 25.6 Å². The normalized spacial score (nSPS) is 11.4. The Morgan fingerprint density at radius 1 is 1.31 bits per heavy atom. The predicted molar refractivity (Wildman–Crippen MR) is 62.1 cm³/mol. The van der Waals surface area contributed by atoms with Gasteiger partial charge in [0, 0.05) is 0 Å². The van der Waals surface area contributed by atoms with Gasteiger partial charge < -0.3 is 15.2 Å². The molecule has 4 N–H and O–H groups in total. The Kier molecular flexibility index (Phi) is 6.75. The first-order chi connectivity index (χ1) is 7.09. The molecule has 1 rings (SSSR count). The van der Waals surface area contributed by atoms with Crippen LogP contribution in [0.2, 0.25) is 0 Å². The van der Waals surface area contributed by atoms with Crippen LogP contribution in [-0.4, -0.2) is 34.4 Å². The van der Waals surface area contributed by atoms with E-state index in [0.717, 1.165) is 5.56 Å². The van der Waals surface area contributed by atoms with Crippen LogP contribution in [-0.2, 0) is 11.2 Å². The van der Waals surface area contributed by atoms with Gasteiger partial charge in [0.2, 0.25) is 0 Å². The van der Waals surface area contributed by atoms with E-state index in [-0.39, 0.29) is 18.8 Å². The molecule has 0 radical (unpaired) electrons. The molecule has 16 heavy (non-hydrogen) atoms. The molecule has 7 heteroatoms. The van der Waals surface area contributed by atoms with Crippen molar-refractivity contribution in [2.24, 2.45) is 0 Å². The summed E-state index contributed by atoms with van der Waals surface area (Å²) in [4.78, 5) is 10.8. The van der Waals surface area contributed by atoms with Crippen molar-refractivity contribution in [2.75, 3.05) is 0 Å². The molecular weight excluding hydrogens is 232 g/mol. The summed E-state index contributed by atoms with van der Waals surface area (Å²) in [5.74, 6) is -1.12. The number of carboxylic acids is 1. The largest absolute Gasteiger partial charge is 0.549 e. The maximum absolute atomic E-state index is 10.8. The first-order valence-electron chi connectivity index (χ1n) is 4.48. The van der Waals surface area contributed by atoms with Gasteiger partial charge in [-0.1, -0.05) is 30.3 Å². The maximum atomic E-state index is 10.8. The molecule has 0 saturated carbocycles. The third-order valence-corrected chi connectivity index (χ3v) is 1.93. The van der Waals surface area contributed by atoms with Crippen molar-refractivity contribution < 1.29 is 19.9 Å². The maximum Gasteiger partial charge on any atom is 0.549 e. The zero-order chi connectivity index (χ0) is 11.3. The smallest absolute Gasteiger partial charge is 0.480 e. The van der Waals surface area contributed by atoms with Gasteiger partial charge in [0.15, 0.2) is 0 Å². The Bertz CT molecular complexity index is 323. The Morgan fingerprint density at radius 3 is 2.31 bits per heavy atom. The molecule has 1 atom stereocenters. The SMILES string of the molecule is Cl.O=C(O)[C@H](Cc1ccccc1)NB(O)O. The predicted octanol–water partition coefficient (Wildman–Crippen LogP) is -0.337. The molecule has 0 aromatic heterocycles. The van der Waals surface area contributed by atoms with Crippen molar-refractivity contribution in [1.29, 1.82) is 0 Å².